The summed E-state index contributed by atoms with van der Waals surface area (Å²) in [6, 6.07) is 20.0. The molecule has 0 spiro atoms. The lowest BCUT2D eigenvalue weighted by Gasteiger charge is -2.24. The van der Waals surface area contributed by atoms with Gasteiger partial charge in [-0.2, -0.15) is 5.10 Å². The SMILES string of the molecule is COC(=O)COc1cccc(/C=N\NC(=O)CN(c2ccc(C)cc2)S(=O)(=O)c2ccc(C)cc2)c1. The van der Waals surface area contributed by atoms with E-state index in [9.17, 15) is 18.0 Å². The first-order chi connectivity index (χ1) is 17.2. The zero-order chi connectivity index (χ0) is 26.1. The van der Waals surface area contributed by atoms with Gasteiger partial charge in [0.2, 0.25) is 0 Å². The number of amides is 1. The molecular formula is C26H27N3O6S. The van der Waals surface area contributed by atoms with Gasteiger partial charge in [-0.3, -0.25) is 9.10 Å². The summed E-state index contributed by atoms with van der Waals surface area (Å²) in [5, 5.41) is 3.93. The van der Waals surface area contributed by atoms with E-state index < -0.39 is 28.4 Å². The van der Waals surface area contributed by atoms with E-state index >= 15 is 0 Å². The van der Waals surface area contributed by atoms with Crippen LogP contribution in [0.2, 0.25) is 0 Å². The number of esters is 1. The van der Waals surface area contributed by atoms with Crippen LogP contribution in [0.1, 0.15) is 16.7 Å². The van der Waals surface area contributed by atoms with Crippen LogP contribution in [0.4, 0.5) is 5.69 Å². The number of methoxy groups -OCH3 is 1. The van der Waals surface area contributed by atoms with E-state index in [2.05, 4.69) is 15.3 Å². The zero-order valence-corrected chi connectivity index (χ0v) is 21.0. The summed E-state index contributed by atoms with van der Waals surface area (Å²) in [5.41, 5.74) is 5.19. The standard InChI is InChI=1S/C26H27N3O6S/c1-19-7-11-22(12-8-19)29(36(32,33)24-13-9-20(2)10-14-24)17-25(30)28-27-16-21-5-4-6-23(15-21)35-18-26(31)34-3/h4-16H,17-18H2,1-3H3,(H,28,30)/b27-16-. The number of carbonyl (C=O) groups excluding carboxylic acids is 2. The Morgan fingerprint density at radius 1 is 0.972 bits per heavy atom. The maximum absolute atomic E-state index is 13.4. The maximum Gasteiger partial charge on any atom is 0.343 e. The first-order valence-corrected chi connectivity index (χ1v) is 12.4. The number of nitrogens with one attached hydrogen (secondary N) is 1. The van der Waals surface area contributed by atoms with Gasteiger partial charge in [-0.05, 0) is 55.8 Å². The van der Waals surface area contributed by atoms with E-state index in [0.717, 1.165) is 15.4 Å². The molecule has 0 aliphatic heterocycles. The van der Waals surface area contributed by atoms with Crippen molar-refractivity contribution >= 4 is 33.8 Å². The molecule has 3 rings (SSSR count). The molecular weight excluding hydrogens is 482 g/mol. The third-order valence-corrected chi connectivity index (χ3v) is 6.85. The van der Waals surface area contributed by atoms with Gasteiger partial charge in [-0.25, -0.2) is 18.6 Å². The second-order valence-corrected chi connectivity index (χ2v) is 9.75. The van der Waals surface area contributed by atoms with Crippen molar-refractivity contribution in [2.24, 2.45) is 5.10 Å². The molecule has 3 aromatic rings. The molecule has 188 valence electrons. The fourth-order valence-corrected chi connectivity index (χ4v) is 4.51. The molecule has 0 heterocycles. The summed E-state index contributed by atoms with van der Waals surface area (Å²) in [5.74, 6) is -0.717. The molecule has 0 unspecified atom stereocenters. The van der Waals surface area contributed by atoms with Crippen LogP contribution >= 0.6 is 0 Å². The highest BCUT2D eigenvalue weighted by atomic mass is 32.2. The molecule has 0 fully saturated rings. The molecule has 0 aliphatic rings. The fraction of sp³-hybridized carbons (Fsp3) is 0.192. The number of hydrogen-bond acceptors (Lipinski definition) is 7. The summed E-state index contributed by atoms with van der Waals surface area (Å²) in [4.78, 5) is 24.0. The maximum atomic E-state index is 13.4. The number of hydrogen-bond donors (Lipinski definition) is 1. The molecule has 9 nitrogen and oxygen atoms in total. The Balaban J connectivity index is 1.74. The summed E-state index contributed by atoms with van der Waals surface area (Å²) < 4.78 is 37.7. The van der Waals surface area contributed by atoms with Crippen LogP contribution in [0.3, 0.4) is 0 Å². The van der Waals surface area contributed by atoms with E-state index in [0.29, 0.717) is 17.0 Å². The molecule has 1 N–H and O–H groups in total. The summed E-state index contributed by atoms with van der Waals surface area (Å²) in [6.07, 6.45) is 1.38. The number of hydrazone groups is 1. The fourth-order valence-electron chi connectivity index (χ4n) is 3.09. The molecule has 0 bridgehead atoms. The Kier molecular flexibility index (Phi) is 8.80. The minimum absolute atomic E-state index is 0.0775. The van der Waals surface area contributed by atoms with Crippen molar-refractivity contribution in [2.75, 3.05) is 24.6 Å². The van der Waals surface area contributed by atoms with Gasteiger partial charge < -0.3 is 9.47 Å². The summed E-state index contributed by atoms with van der Waals surface area (Å²) in [7, 11) is -2.74. The lowest BCUT2D eigenvalue weighted by Crippen LogP contribution is -2.39. The topological polar surface area (TPSA) is 114 Å². The number of benzene rings is 3. The van der Waals surface area contributed by atoms with Gasteiger partial charge in [0.15, 0.2) is 6.61 Å². The molecule has 36 heavy (non-hydrogen) atoms. The normalized spacial score (nSPS) is 11.2. The van der Waals surface area contributed by atoms with Gasteiger partial charge in [0, 0.05) is 0 Å². The number of rotatable bonds is 10. The molecule has 0 atom stereocenters. The minimum atomic E-state index is -4.01. The zero-order valence-electron chi connectivity index (χ0n) is 20.2. The van der Waals surface area contributed by atoms with Gasteiger partial charge >= 0.3 is 5.97 Å². The number of sulfonamides is 1. The molecule has 3 aromatic carbocycles. The number of aryl methyl sites for hydroxylation is 2. The highest BCUT2D eigenvalue weighted by molar-refractivity contribution is 7.92. The Hall–Kier alpha value is -4.18. The predicted octanol–water partition coefficient (Wildman–Crippen LogP) is 3.20. The van der Waals surface area contributed by atoms with Gasteiger partial charge in [0.05, 0.1) is 23.9 Å². The van der Waals surface area contributed by atoms with Gasteiger partial charge in [0.25, 0.3) is 15.9 Å². The van der Waals surface area contributed by atoms with Gasteiger partial charge in [-0.1, -0.05) is 47.5 Å². The quantitative estimate of drug-likeness (QED) is 0.255. The first-order valence-electron chi connectivity index (χ1n) is 11.0. The number of anilines is 1. The number of carbonyl (C=O) groups is 2. The van der Waals surface area contributed by atoms with E-state index in [-0.39, 0.29) is 11.5 Å². The van der Waals surface area contributed by atoms with Crippen molar-refractivity contribution < 1.29 is 27.5 Å². The van der Waals surface area contributed by atoms with Crippen molar-refractivity contribution in [1.82, 2.24) is 5.43 Å². The number of ether oxygens (including phenoxy) is 2. The average molecular weight is 510 g/mol. The predicted molar refractivity (Wildman–Crippen MR) is 137 cm³/mol. The molecule has 0 aliphatic carbocycles. The molecule has 1 amide bonds. The lowest BCUT2D eigenvalue weighted by atomic mass is 10.2. The molecule has 0 saturated carbocycles. The Labute approximate surface area is 210 Å². The van der Waals surface area contributed by atoms with Crippen LogP contribution in [0.25, 0.3) is 0 Å². The molecule has 10 heteroatoms. The second kappa shape index (κ2) is 12.0. The van der Waals surface area contributed by atoms with Crippen LogP contribution in [0.5, 0.6) is 5.75 Å². The molecule has 0 radical (unpaired) electrons. The van der Waals surface area contributed by atoms with Crippen LogP contribution in [0, 0.1) is 13.8 Å². The highest BCUT2D eigenvalue weighted by Crippen LogP contribution is 2.24. The third kappa shape index (κ3) is 7.16. The van der Waals surface area contributed by atoms with Crippen molar-refractivity contribution in [1.29, 1.82) is 0 Å². The largest absolute Gasteiger partial charge is 0.482 e. The van der Waals surface area contributed by atoms with Gasteiger partial charge in [0.1, 0.15) is 12.3 Å². The second-order valence-electron chi connectivity index (χ2n) is 7.89. The van der Waals surface area contributed by atoms with Crippen molar-refractivity contribution in [3.8, 4) is 5.75 Å². The Morgan fingerprint density at radius 3 is 2.25 bits per heavy atom. The smallest absolute Gasteiger partial charge is 0.343 e. The van der Waals surface area contributed by atoms with E-state index in [1.807, 2.05) is 13.8 Å². The highest BCUT2D eigenvalue weighted by Gasteiger charge is 2.27. The van der Waals surface area contributed by atoms with Crippen LogP contribution in [-0.2, 0) is 24.3 Å². The Bertz CT molecular complexity index is 1340. The van der Waals surface area contributed by atoms with E-state index in [1.54, 1.807) is 60.7 Å². The van der Waals surface area contributed by atoms with Gasteiger partial charge in [-0.15, -0.1) is 0 Å². The van der Waals surface area contributed by atoms with Crippen LogP contribution in [-0.4, -0.2) is 46.8 Å². The lowest BCUT2D eigenvalue weighted by molar-refractivity contribution is -0.142. The van der Waals surface area contributed by atoms with E-state index in [1.165, 1.54) is 25.5 Å². The van der Waals surface area contributed by atoms with Crippen molar-refractivity contribution in [3.05, 3.63) is 89.5 Å². The van der Waals surface area contributed by atoms with E-state index in [4.69, 9.17) is 4.74 Å². The van der Waals surface area contributed by atoms with Crippen molar-refractivity contribution in [3.63, 3.8) is 0 Å². The molecule has 0 aromatic heterocycles. The van der Waals surface area contributed by atoms with Crippen LogP contribution in [0.15, 0.2) is 82.8 Å². The van der Waals surface area contributed by atoms with Crippen molar-refractivity contribution in [2.45, 2.75) is 18.7 Å². The third-order valence-electron chi connectivity index (χ3n) is 5.06. The monoisotopic (exact) mass is 509 g/mol. The Morgan fingerprint density at radius 2 is 1.61 bits per heavy atom. The minimum Gasteiger partial charge on any atom is -0.482 e. The van der Waals surface area contributed by atoms with Crippen LogP contribution < -0.4 is 14.5 Å². The summed E-state index contributed by atoms with van der Waals surface area (Å²) in [6.45, 7) is 3.04. The number of nitrogens with zero attached hydrogens (tertiary/aromatic N) is 2. The average Bonchev–Trinajstić information content (AvgIpc) is 2.87. The molecule has 0 saturated heterocycles. The summed E-state index contributed by atoms with van der Waals surface area (Å²) >= 11 is 0. The first kappa shape index (κ1) is 26.4.